The first-order valence-electron chi connectivity index (χ1n) is 14.3. The molecule has 0 spiro atoms. The van der Waals surface area contributed by atoms with E-state index in [0.29, 0.717) is 16.2 Å². The number of benzene rings is 2. The molecule has 264 valence electrons. The van der Waals surface area contributed by atoms with Gasteiger partial charge in [-0.05, 0) is 42.2 Å². The Bertz CT molecular complexity index is 1620. The molecule has 1 heterocycles. The van der Waals surface area contributed by atoms with Crippen LogP contribution in [-0.2, 0) is 40.7 Å². The number of nitrogens with one attached hydrogen (secondary N) is 2. The second-order valence-corrected chi connectivity index (χ2v) is 14.1. The van der Waals surface area contributed by atoms with E-state index in [2.05, 4.69) is 0 Å². The van der Waals surface area contributed by atoms with E-state index in [4.69, 9.17) is 16.3 Å². The van der Waals surface area contributed by atoms with Gasteiger partial charge in [-0.25, -0.2) is 8.42 Å². The van der Waals surface area contributed by atoms with Gasteiger partial charge in [0.1, 0.15) is 17.8 Å². The van der Waals surface area contributed by atoms with Crippen LogP contribution in [0.2, 0.25) is 5.02 Å². The Hall–Kier alpha value is -3.83. The number of aliphatic hydroxyl groups is 1. The highest BCUT2D eigenvalue weighted by atomic mass is 35.5. The summed E-state index contributed by atoms with van der Waals surface area (Å²) in [7, 11) is -2.82. The van der Waals surface area contributed by atoms with Crippen LogP contribution >= 0.6 is 11.6 Å². The first-order chi connectivity index (χ1) is 22.2. The number of hydrogen-bond acceptors (Lipinski definition) is 8. The first-order valence-corrected chi connectivity index (χ1v) is 16.4. The Kier molecular flexibility index (Phi) is 12.2. The quantitative estimate of drug-likeness (QED) is 0.266. The van der Waals surface area contributed by atoms with Crippen LogP contribution in [0.4, 0.5) is 22.0 Å². The highest BCUT2D eigenvalue weighted by Crippen LogP contribution is 2.31. The minimum absolute atomic E-state index is 0.133. The van der Waals surface area contributed by atoms with Crippen LogP contribution < -0.4 is 15.4 Å². The van der Waals surface area contributed by atoms with Crippen molar-refractivity contribution in [1.29, 1.82) is 0 Å². The summed E-state index contributed by atoms with van der Waals surface area (Å²) in [6.45, 7) is 0.384. The predicted molar refractivity (Wildman–Crippen MR) is 162 cm³/mol. The molecule has 3 N–H and O–H groups in total. The highest BCUT2D eigenvalue weighted by Gasteiger charge is 2.50. The fourth-order valence-corrected chi connectivity index (χ4v) is 6.98. The molecule has 0 aliphatic carbocycles. The maximum absolute atomic E-state index is 15.0. The molecule has 2 aromatic rings. The van der Waals surface area contributed by atoms with Gasteiger partial charge < -0.3 is 25.4 Å². The number of carbonyl (C=O) groups is 4. The lowest BCUT2D eigenvalue weighted by molar-refractivity contribution is -0.175. The molecule has 0 bridgehead atoms. The van der Waals surface area contributed by atoms with Gasteiger partial charge in [0.05, 0.1) is 30.8 Å². The third-order valence-electron chi connectivity index (χ3n) is 7.67. The molecule has 2 aromatic carbocycles. The maximum atomic E-state index is 15.0. The lowest BCUT2D eigenvalue weighted by Gasteiger charge is -2.30. The van der Waals surface area contributed by atoms with Gasteiger partial charge in [0.25, 0.3) is 11.7 Å². The van der Waals surface area contributed by atoms with Gasteiger partial charge in [-0.15, -0.1) is 0 Å². The van der Waals surface area contributed by atoms with Crippen LogP contribution in [0.1, 0.15) is 31.4 Å². The second-order valence-electron chi connectivity index (χ2n) is 11.4. The van der Waals surface area contributed by atoms with Gasteiger partial charge in [-0.1, -0.05) is 49.7 Å². The van der Waals surface area contributed by atoms with Crippen molar-refractivity contribution in [3.8, 4) is 5.75 Å². The normalized spacial score (nSPS) is 18.3. The highest BCUT2D eigenvalue weighted by molar-refractivity contribution is 7.91. The van der Waals surface area contributed by atoms with Crippen LogP contribution in [0.3, 0.4) is 0 Å². The smallest absolute Gasteiger partial charge is 0.452 e. The number of halogens is 6. The number of alkyl halides is 5. The number of aliphatic hydroxyl groups excluding tert-OH is 1. The summed E-state index contributed by atoms with van der Waals surface area (Å²) in [4.78, 5) is 52.3. The molecule has 1 aliphatic heterocycles. The van der Waals surface area contributed by atoms with Crippen LogP contribution in [-0.4, -0.2) is 91.7 Å². The zero-order valence-corrected chi connectivity index (χ0v) is 27.3. The van der Waals surface area contributed by atoms with Crippen molar-refractivity contribution < 1.29 is 59.4 Å². The van der Waals surface area contributed by atoms with E-state index >= 15 is 0 Å². The summed E-state index contributed by atoms with van der Waals surface area (Å²) in [6.07, 6.45) is -6.01. The number of carbonyl (C=O) groups excluding carboxylic acids is 4. The van der Waals surface area contributed by atoms with Crippen molar-refractivity contribution in [3.05, 3.63) is 64.7 Å². The molecule has 0 aromatic heterocycles. The van der Waals surface area contributed by atoms with Gasteiger partial charge >= 0.3 is 12.1 Å². The van der Waals surface area contributed by atoms with Crippen molar-refractivity contribution >= 4 is 44.9 Å². The summed E-state index contributed by atoms with van der Waals surface area (Å²) in [5.74, 6) is -12.6. The molecule has 1 fully saturated rings. The number of rotatable bonds is 13. The minimum Gasteiger partial charge on any atom is -0.497 e. The number of nitrogens with zero attached hydrogens (tertiary/aromatic N) is 1. The largest absolute Gasteiger partial charge is 0.497 e. The van der Waals surface area contributed by atoms with Gasteiger partial charge in [-0.3, -0.25) is 19.2 Å². The van der Waals surface area contributed by atoms with Crippen molar-refractivity contribution in [2.24, 2.45) is 5.92 Å². The average Bonchev–Trinajstić information content (AvgIpc) is 3.48. The van der Waals surface area contributed by atoms with Crippen LogP contribution in [0.5, 0.6) is 5.75 Å². The van der Waals surface area contributed by atoms with Gasteiger partial charge in [0.15, 0.2) is 9.84 Å². The third-order valence-corrected chi connectivity index (χ3v) is 10.00. The van der Waals surface area contributed by atoms with E-state index in [1.165, 1.54) is 51.3 Å². The minimum atomic E-state index is -5.35. The van der Waals surface area contributed by atoms with E-state index in [1.54, 1.807) is 5.32 Å². The summed E-state index contributed by atoms with van der Waals surface area (Å²) in [5.41, 5.74) is -0.560. The Morgan fingerprint density at radius 2 is 1.67 bits per heavy atom. The van der Waals surface area contributed by atoms with Crippen LogP contribution in [0.25, 0.3) is 0 Å². The van der Waals surface area contributed by atoms with E-state index < -0.39 is 106 Å². The molecule has 0 saturated carbocycles. The van der Waals surface area contributed by atoms with Gasteiger partial charge in [0, 0.05) is 17.1 Å². The van der Waals surface area contributed by atoms with Crippen molar-refractivity contribution in [2.75, 3.05) is 20.3 Å². The zero-order valence-electron chi connectivity index (χ0n) is 25.8. The molecule has 3 rings (SSSR count). The third kappa shape index (κ3) is 8.99. The number of hydrogen-bond donors (Lipinski definition) is 3. The number of likely N-dealkylation sites (tertiary alicyclic amines) is 1. The average molecular weight is 726 g/mol. The standard InChI is InChI=1S/C30H33ClF5N3O8S/c1-16(2)24(25(41)30(34,35)36)38-26(42)23-12-21(48(45,46)15-17-7-9-20(47-3)10-8-17)13-39(23)27(43)22(14-40)37-28(44)29(32,33)18-5-4-6-19(31)11-18/h4-11,16,21-24,40H,12-15H2,1-3H3,(H,37,44)(H,38,42)/t21-,22+,23+,24+/m1/s1. The first kappa shape index (κ1) is 38.6. The summed E-state index contributed by atoms with van der Waals surface area (Å²) in [6, 6.07) is 3.87. The van der Waals surface area contributed by atoms with Gasteiger partial charge in [-0.2, -0.15) is 22.0 Å². The Morgan fingerprint density at radius 1 is 1.04 bits per heavy atom. The molecule has 1 saturated heterocycles. The molecule has 1 aliphatic rings. The molecular weight excluding hydrogens is 693 g/mol. The summed E-state index contributed by atoms with van der Waals surface area (Å²) in [5, 5.41) is 11.9. The number of Topliss-reactive ketones (excluding diaryl/α,β-unsaturated/α-hetero) is 1. The predicted octanol–water partition coefficient (Wildman–Crippen LogP) is 2.77. The SMILES string of the molecule is COc1ccc(CS(=O)(=O)[C@@H]2C[C@@H](C(=O)N[C@H](C(=O)C(F)(F)F)C(C)C)N(C(=O)[C@H](CO)NC(=O)C(F)(F)c3cccc(Cl)c3)C2)cc1. The lowest BCUT2D eigenvalue weighted by Crippen LogP contribution is -2.58. The number of amides is 3. The molecule has 0 radical (unpaired) electrons. The fourth-order valence-electron chi connectivity index (χ4n) is 5.03. The molecule has 18 heteroatoms. The van der Waals surface area contributed by atoms with Crippen molar-refractivity contribution in [2.45, 2.75) is 61.5 Å². The lowest BCUT2D eigenvalue weighted by atomic mass is 9.98. The number of ether oxygens (including phenoxy) is 1. The van der Waals surface area contributed by atoms with Crippen LogP contribution in [0.15, 0.2) is 48.5 Å². The topological polar surface area (TPSA) is 159 Å². The van der Waals surface area contributed by atoms with Crippen LogP contribution in [0, 0.1) is 5.92 Å². The molecule has 48 heavy (non-hydrogen) atoms. The Labute approximate surface area is 277 Å². The molecule has 0 unspecified atom stereocenters. The molecule has 4 atom stereocenters. The van der Waals surface area contributed by atoms with E-state index in [9.17, 15) is 54.7 Å². The summed E-state index contributed by atoms with van der Waals surface area (Å²) < 4.78 is 102. The second kappa shape index (κ2) is 15.2. The molecular formula is C30H33ClF5N3O8S. The monoisotopic (exact) mass is 725 g/mol. The van der Waals surface area contributed by atoms with Gasteiger partial charge in [0.2, 0.25) is 11.8 Å². The molecule has 3 amide bonds. The Balaban J connectivity index is 1.94. The number of ketones is 1. The van der Waals surface area contributed by atoms with E-state index in [-0.39, 0.29) is 5.02 Å². The summed E-state index contributed by atoms with van der Waals surface area (Å²) >= 11 is 5.74. The Morgan fingerprint density at radius 3 is 2.19 bits per heavy atom. The van der Waals surface area contributed by atoms with Crippen molar-refractivity contribution in [3.63, 3.8) is 0 Å². The molecule has 11 nitrogen and oxygen atoms in total. The van der Waals surface area contributed by atoms with Crippen molar-refractivity contribution in [1.82, 2.24) is 15.5 Å². The number of methoxy groups -OCH3 is 1. The van der Waals surface area contributed by atoms with E-state index in [1.807, 2.05) is 5.32 Å². The zero-order chi connectivity index (χ0) is 36.2. The fraction of sp³-hybridized carbons (Fsp3) is 0.467. The number of sulfone groups is 1. The maximum Gasteiger partial charge on any atom is 0.452 e. The van der Waals surface area contributed by atoms with E-state index in [0.717, 1.165) is 18.2 Å².